The van der Waals surface area contributed by atoms with E-state index in [1.165, 1.54) is 11.8 Å². The van der Waals surface area contributed by atoms with Crippen LogP contribution >= 0.6 is 23.4 Å². The van der Waals surface area contributed by atoms with Crippen molar-refractivity contribution in [3.63, 3.8) is 0 Å². The van der Waals surface area contributed by atoms with Gasteiger partial charge in [-0.05, 0) is 11.5 Å². The maximum atomic E-state index is 11.0. The third kappa shape index (κ3) is 4.33. The van der Waals surface area contributed by atoms with Crippen molar-refractivity contribution < 1.29 is 4.79 Å². The molecule has 0 bridgehead atoms. The molecule has 0 saturated carbocycles. The largest absolute Gasteiger partial charge is 0.357 e. The minimum Gasteiger partial charge on any atom is -0.357 e. The van der Waals surface area contributed by atoms with Crippen molar-refractivity contribution in [1.29, 1.82) is 0 Å². The molecule has 0 saturated heterocycles. The average molecular weight is 221 g/mol. The molecule has 0 spiro atoms. The summed E-state index contributed by atoms with van der Waals surface area (Å²) in [6.07, 6.45) is 1.70. The Balaban J connectivity index is 0.000000671. The van der Waals surface area contributed by atoms with Gasteiger partial charge in [-0.2, -0.15) is 0 Å². The second-order valence-corrected chi connectivity index (χ2v) is 3.36. The molecule has 1 aliphatic rings. The van der Waals surface area contributed by atoms with E-state index >= 15 is 0 Å². The lowest BCUT2D eigenvalue weighted by molar-refractivity contribution is -0.120. The molecule has 0 aliphatic carbocycles. The summed E-state index contributed by atoms with van der Waals surface area (Å²) in [7, 11) is 1.57. The topological polar surface area (TPSA) is 41.5 Å². The average Bonchev–Trinajstić information content (AvgIpc) is 2.20. The number of aliphatic imine (C=N–C) groups is 1. The van der Waals surface area contributed by atoms with Gasteiger partial charge in [0, 0.05) is 7.05 Å². The van der Waals surface area contributed by atoms with Crippen LogP contribution in [0.4, 0.5) is 0 Å². The Morgan fingerprint density at radius 3 is 2.77 bits per heavy atom. The maximum absolute atomic E-state index is 11.0. The second kappa shape index (κ2) is 6.97. The van der Waals surface area contributed by atoms with Crippen molar-refractivity contribution in [3.8, 4) is 0 Å². The molecule has 1 N–H and O–H groups in total. The van der Waals surface area contributed by atoms with Gasteiger partial charge < -0.3 is 5.32 Å². The first-order valence-corrected chi connectivity index (χ1v) is 5.28. The van der Waals surface area contributed by atoms with E-state index in [0.717, 1.165) is 0 Å². The molecule has 1 aliphatic heterocycles. The molecule has 1 unspecified atom stereocenters. The number of hydrogen-bond donors (Lipinski definition) is 1. The Hall–Kier alpha value is -0.480. The van der Waals surface area contributed by atoms with Gasteiger partial charge in [0.15, 0.2) is 4.50 Å². The van der Waals surface area contributed by atoms with E-state index in [2.05, 4.69) is 10.3 Å². The number of carbonyl (C=O) groups excluding carboxylic acids is 1. The van der Waals surface area contributed by atoms with Crippen LogP contribution < -0.4 is 5.32 Å². The molecule has 1 rings (SSSR count). The first-order valence-electron chi connectivity index (χ1n) is 4.02. The summed E-state index contributed by atoms with van der Waals surface area (Å²) in [5.74, 6) is -0.139. The fourth-order valence-corrected chi connectivity index (χ4v) is 1.42. The molecule has 0 aromatic carbocycles. The van der Waals surface area contributed by atoms with E-state index in [1.807, 2.05) is 13.8 Å². The number of carbonyl (C=O) groups is 1. The van der Waals surface area contributed by atoms with Crippen LogP contribution in [0.5, 0.6) is 0 Å². The lowest BCUT2D eigenvalue weighted by atomic mass is 10.3. The molecular weight excluding hydrogens is 208 g/mol. The predicted molar refractivity (Wildman–Crippen MR) is 59.2 cm³/mol. The number of rotatable bonds is 1. The molecule has 1 atom stereocenters. The van der Waals surface area contributed by atoms with Gasteiger partial charge in [-0.1, -0.05) is 37.2 Å². The van der Waals surface area contributed by atoms with Gasteiger partial charge in [0.05, 0.1) is 0 Å². The summed E-state index contributed by atoms with van der Waals surface area (Å²) in [4.78, 5) is 14.9. The fourth-order valence-electron chi connectivity index (χ4n) is 0.647. The van der Waals surface area contributed by atoms with Crippen LogP contribution in [0, 0.1) is 0 Å². The number of thioether (sulfide) groups is 1. The Morgan fingerprint density at radius 2 is 2.31 bits per heavy atom. The van der Waals surface area contributed by atoms with Gasteiger partial charge in [0.1, 0.15) is 6.04 Å². The molecule has 0 aromatic heterocycles. The zero-order chi connectivity index (χ0) is 10.3. The highest BCUT2D eigenvalue weighted by atomic mass is 35.5. The van der Waals surface area contributed by atoms with Crippen molar-refractivity contribution in [2.75, 3.05) is 7.05 Å². The zero-order valence-corrected chi connectivity index (χ0v) is 9.45. The fraction of sp³-hybridized carbons (Fsp3) is 0.500. The van der Waals surface area contributed by atoms with Gasteiger partial charge in [-0.15, -0.1) is 0 Å². The number of amides is 1. The highest BCUT2D eigenvalue weighted by molar-refractivity contribution is 8.19. The highest BCUT2D eigenvalue weighted by Gasteiger charge is 2.15. The molecular formula is C8H13ClN2OS. The summed E-state index contributed by atoms with van der Waals surface area (Å²) >= 11 is 6.90. The number of hydrogen-bond acceptors (Lipinski definition) is 3. The first-order chi connectivity index (χ1) is 6.24. The van der Waals surface area contributed by atoms with Crippen molar-refractivity contribution in [3.05, 3.63) is 11.5 Å². The zero-order valence-electron chi connectivity index (χ0n) is 7.87. The molecule has 13 heavy (non-hydrogen) atoms. The van der Waals surface area contributed by atoms with Crippen molar-refractivity contribution in [1.82, 2.24) is 5.32 Å². The molecule has 1 heterocycles. The van der Waals surface area contributed by atoms with Crippen LogP contribution in [0.15, 0.2) is 16.5 Å². The Kier molecular flexibility index (Phi) is 6.72. The molecule has 1 amide bonds. The van der Waals surface area contributed by atoms with Gasteiger partial charge >= 0.3 is 0 Å². The monoisotopic (exact) mass is 220 g/mol. The lowest BCUT2D eigenvalue weighted by Crippen LogP contribution is -2.30. The van der Waals surface area contributed by atoms with Crippen LogP contribution in [-0.2, 0) is 4.79 Å². The predicted octanol–water partition coefficient (Wildman–Crippen LogP) is 1.98. The van der Waals surface area contributed by atoms with Gasteiger partial charge in [0.25, 0.3) is 0 Å². The SMILES string of the molecule is CC.CNC(=O)C1C=CSC(Cl)=N1. The first kappa shape index (κ1) is 12.5. The lowest BCUT2D eigenvalue weighted by Gasteiger charge is -2.09. The van der Waals surface area contributed by atoms with E-state index in [1.54, 1.807) is 18.5 Å². The van der Waals surface area contributed by atoms with Crippen molar-refractivity contribution >= 4 is 33.8 Å². The number of likely N-dealkylation sites (N-methyl/N-ethyl adjacent to an activating group) is 1. The molecule has 0 radical (unpaired) electrons. The van der Waals surface area contributed by atoms with Gasteiger partial charge in [-0.25, -0.2) is 4.99 Å². The highest BCUT2D eigenvalue weighted by Crippen LogP contribution is 2.17. The van der Waals surface area contributed by atoms with Crippen LogP contribution in [0.2, 0.25) is 0 Å². The minimum absolute atomic E-state index is 0.139. The molecule has 5 heteroatoms. The van der Waals surface area contributed by atoms with Crippen LogP contribution in [0.1, 0.15) is 13.8 Å². The van der Waals surface area contributed by atoms with Gasteiger partial charge in [0.2, 0.25) is 5.91 Å². The van der Waals surface area contributed by atoms with Gasteiger partial charge in [-0.3, -0.25) is 4.79 Å². The molecule has 0 aromatic rings. The Morgan fingerprint density at radius 1 is 1.69 bits per heavy atom. The summed E-state index contributed by atoms with van der Waals surface area (Å²) < 4.78 is 0.404. The molecule has 74 valence electrons. The van der Waals surface area contributed by atoms with E-state index in [0.29, 0.717) is 4.50 Å². The van der Waals surface area contributed by atoms with E-state index < -0.39 is 6.04 Å². The van der Waals surface area contributed by atoms with Crippen LogP contribution in [0.25, 0.3) is 0 Å². The quantitative estimate of drug-likeness (QED) is 0.734. The summed E-state index contributed by atoms with van der Waals surface area (Å²) in [5.41, 5.74) is 0. The third-order valence-corrected chi connectivity index (χ3v) is 2.14. The smallest absolute Gasteiger partial charge is 0.248 e. The maximum Gasteiger partial charge on any atom is 0.248 e. The number of nitrogens with zero attached hydrogens (tertiary/aromatic N) is 1. The van der Waals surface area contributed by atoms with E-state index in [9.17, 15) is 4.79 Å². The summed E-state index contributed by atoms with van der Waals surface area (Å²) in [6.45, 7) is 4.00. The molecule has 0 fully saturated rings. The van der Waals surface area contributed by atoms with Crippen LogP contribution in [0.3, 0.4) is 0 Å². The number of halogens is 1. The van der Waals surface area contributed by atoms with Crippen molar-refractivity contribution in [2.24, 2.45) is 4.99 Å². The molecule has 3 nitrogen and oxygen atoms in total. The standard InChI is InChI=1S/C6H7ClN2OS.C2H6/c1-8-5(10)4-2-3-11-6(7)9-4;1-2/h2-4H,1H3,(H,8,10);1-2H3. The van der Waals surface area contributed by atoms with E-state index in [-0.39, 0.29) is 5.91 Å². The van der Waals surface area contributed by atoms with Crippen molar-refractivity contribution in [2.45, 2.75) is 19.9 Å². The third-order valence-electron chi connectivity index (χ3n) is 1.18. The summed E-state index contributed by atoms with van der Waals surface area (Å²) in [5, 5.41) is 4.25. The van der Waals surface area contributed by atoms with E-state index in [4.69, 9.17) is 11.6 Å². The minimum atomic E-state index is -0.450. The normalized spacial score (nSPS) is 19.7. The Labute approximate surface area is 87.6 Å². The van der Waals surface area contributed by atoms with Crippen LogP contribution in [-0.4, -0.2) is 23.5 Å². The Bertz CT molecular complexity index is 228. The second-order valence-electron chi connectivity index (χ2n) is 1.89. The number of nitrogens with one attached hydrogen (secondary N) is 1. The summed E-state index contributed by atoms with van der Waals surface area (Å²) in [6, 6.07) is -0.450.